The Kier molecular flexibility index (Phi) is 39.2. The van der Waals surface area contributed by atoms with Crippen LogP contribution in [-0.2, 0) is 19.1 Å². The van der Waals surface area contributed by atoms with Crippen LogP contribution in [0.4, 0.5) is 0 Å². The van der Waals surface area contributed by atoms with Gasteiger partial charge in [-0.3, -0.25) is 9.59 Å². The highest BCUT2D eigenvalue weighted by Gasteiger charge is 2.15. The number of esters is 2. The Morgan fingerprint density at radius 2 is 0.808 bits per heavy atom. The fourth-order valence-electron chi connectivity index (χ4n) is 5.06. The van der Waals surface area contributed by atoms with E-state index in [4.69, 9.17) is 9.47 Å². The fraction of sp³-hybridized carbons (Fsp3) is 0.574. The SMILES string of the molecule is CC/C=C\C/C=C\C/C=C\C/C=C\C/C=C\CCCCCCCCCCCC(=O)OC(CO)COC(=O)CC/C=C\C/C=C\C/C=C\C/C=C\CC. The highest BCUT2D eigenvalue weighted by molar-refractivity contribution is 5.70. The molecule has 0 aliphatic heterocycles. The monoisotopic (exact) mass is 719 g/mol. The first-order valence-electron chi connectivity index (χ1n) is 20.4. The molecule has 0 saturated carbocycles. The molecule has 0 aliphatic carbocycles. The van der Waals surface area contributed by atoms with Crippen LogP contribution in [0.5, 0.6) is 0 Å². The molecule has 0 spiro atoms. The Morgan fingerprint density at radius 3 is 1.23 bits per heavy atom. The first-order chi connectivity index (χ1) is 25.6. The number of rotatable bonds is 35. The first kappa shape index (κ1) is 48.6. The van der Waals surface area contributed by atoms with Crippen LogP contribution in [-0.4, -0.2) is 36.4 Å². The highest BCUT2D eigenvalue weighted by Crippen LogP contribution is 2.12. The zero-order valence-electron chi connectivity index (χ0n) is 33.0. The topological polar surface area (TPSA) is 72.8 Å². The average molecular weight is 719 g/mol. The van der Waals surface area contributed by atoms with E-state index in [9.17, 15) is 14.7 Å². The number of hydrogen-bond acceptors (Lipinski definition) is 5. The van der Waals surface area contributed by atoms with Crippen molar-refractivity contribution in [2.45, 2.75) is 161 Å². The predicted octanol–water partition coefficient (Wildman–Crippen LogP) is 13.1. The summed E-state index contributed by atoms with van der Waals surface area (Å²) >= 11 is 0. The molecule has 5 heteroatoms. The van der Waals surface area contributed by atoms with Gasteiger partial charge in [-0.05, 0) is 83.5 Å². The molecule has 0 rings (SSSR count). The van der Waals surface area contributed by atoms with Gasteiger partial charge < -0.3 is 14.6 Å². The minimum absolute atomic E-state index is 0.113. The van der Waals surface area contributed by atoms with Crippen molar-refractivity contribution >= 4 is 11.9 Å². The van der Waals surface area contributed by atoms with Crippen LogP contribution in [0.3, 0.4) is 0 Å². The zero-order chi connectivity index (χ0) is 37.8. The van der Waals surface area contributed by atoms with Gasteiger partial charge in [0.25, 0.3) is 0 Å². The van der Waals surface area contributed by atoms with Gasteiger partial charge in [0, 0.05) is 12.8 Å². The van der Waals surface area contributed by atoms with E-state index < -0.39 is 6.10 Å². The predicted molar refractivity (Wildman–Crippen MR) is 223 cm³/mol. The molecule has 0 radical (unpaired) electrons. The number of carbonyl (C=O) groups excluding carboxylic acids is 2. The standard InChI is InChI=1S/C47H74O5/c1-3-5-7-9-11-13-15-17-18-19-20-21-22-23-24-25-26-27-28-30-32-34-36-38-40-42-47(50)52-45(43-48)44-51-46(49)41-39-37-35-33-31-29-16-14-12-10-8-6-4-2/h5-8,11-14,17-18,20-21,23-24,29,31,35,37,45,48H,3-4,9-10,15-16,19,22,25-28,30,32-34,36,38-44H2,1-2H3/b7-5-,8-6-,13-11-,14-12-,18-17-,21-20-,24-23-,31-29-,37-35-. The number of unbranched alkanes of at least 4 members (excludes halogenated alkanes) is 9. The number of hydrogen-bond donors (Lipinski definition) is 1. The number of allylic oxidation sites excluding steroid dienone is 18. The minimum atomic E-state index is -0.810. The van der Waals surface area contributed by atoms with Crippen LogP contribution < -0.4 is 0 Å². The minimum Gasteiger partial charge on any atom is -0.462 e. The molecule has 0 aliphatic rings. The Balaban J connectivity index is 3.66. The Bertz CT molecular complexity index is 1090. The number of ether oxygens (including phenoxy) is 2. The average Bonchev–Trinajstić information content (AvgIpc) is 3.15. The summed E-state index contributed by atoms with van der Waals surface area (Å²) in [6, 6.07) is 0. The van der Waals surface area contributed by atoms with Crippen LogP contribution in [0.25, 0.3) is 0 Å². The van der Waals surface area contributed by atoms with Gasteiger partial charge >= 0.3 is 11.9 Å². The number of carbonyl (C=O) groups is 2. The third-order valence-electron chi connectivity index (χ3n) is 8.08. The third-order valence-corrected chi connectivity index (χ3v) is 8.08. The van der Waals surface area contributed by atoms with Crippen molar-refractivity contribution in [3.8, 4) is 0 Å². The van der Waals surface area contributed by atoms with E-state index in [0.29, 0.717) is 12.8 Å². The second-order valence-corrected chi connectivity index (χ2v) is 12.9. The second kappa shape index (κ2) is 42.0. The summed E-state index contributed by atoms with van der Waals surface area (Å²) < 4.78 is 10.5. The van der Waals surface area contributed by atoms with E-state index in [-0.39, 0.29) is 31.6 Å². The molecule has 5 nitrogen and oxygen atoms in total. The van der Waals surface area contributed by atoms with Gasteiger partial charge in [-0.25, -0.2) is 0 Å². The Labute approximate surface area is 319 Å². The number of aliphatic hydroxyl groups is 1. The van der Waals surface area contributed by atoms with Crippen molar-refractivity contribution in [1.82, 2.24) is 0 Å². The Hall–Kier alpha value is -3.44. The summed E-state index contributed by atoms with van der Waals surface area (Å²) in [6.07, 6.45) is 60.3. The van der Waals surface area contributed by atoms with Crippen LogP contribution >= 0.6 is 0 Å². The lowest BCUT2D eigenvalue weighted by atomic mass is 10.1. The largest absolute Gasteiger partial charge is 0.462 e. The maximum atomic E-state index is 12.2. The van der Waals surface area contributed by atoms with Gasteiger partial charge in [0.2, 0.25) is 0 Å². The van der Waals surface area contributed by atoms with Gasteiger partial charge in [-0.1, -0.05) is 168 Å². The molecule has 52 heavy (non-hydrogen) atoms. The van der Waals surface area contributed by atoms with E-state index in [2.05, 4.69) is 111 Å². The van der Waals surface area contributed by atoms with E-state index in [1.807, 2.05) is 12.2 Å². The van der Waals surface area contributed by atoms with Gasteiger partial charge in [-0.15, -0.1) is 0 Å². The summed E-state index contributed by atoms with van der Waals surface area (Å²) in [6.45, 7) is 3.81. The van der Waals surface area contributed by atoms with Crippen molar-refractivity contribution in [2.75, 3.05) is 13.2 Å². The second-order valence-electron chi connectivity index (χ2n) is 12.9. The summed E-state index contributed by atoms with van der Waals surface area (Å²) in [5.41, 5.74) is 0. The van der Waals surface area contributed by atoms with Crippen molar-refractivity contribution < 1.29 is 24.2 Å². The maximum Gasteiger partial charge on any atom is 0.306 e. The molecular weight excluding hydrogens is 645 g/mol. The summed E-state index contributed by atoms with van der Waals surface area (Å²) in [4.78, 5) is 24.2. The quantitative estimate of drug-likeness (QED) is 0.0401. The normalized spacial score (nSPS) is 13.4. The molecule has 1 unspecified atom stereocenters. The molecule has 0 bridgehead atoms. The molecule has 0 fully saturated rings. The van der Waals surface area contributed by atoms with Gasteiger partial charge in [-0.2, -0.15) is 0 Å². The smallest absolute Gasteiger partial charge is 0.306 e. The molecule has 0 aromatic heterocycles. The van der Waals surface area contributed by atoms with Crippen LogP contribution in [0.1, 0.15) is 155 Å². The lowest BCUT2D eigenvalue weighted by Gasteiger charge is -2.15. The molecule has 0 heterocycles. The van der Waals surface area contributed by atoms with Crippen molar-refractivity contribution in [2.24, 2.45) is 0 Å². The molecule has 0 amide bonds. The molecule has 0 aromatic carbocycles. The van der Waals surface area contributed by atoms with Gasteiger partial charge in [0.05, 0.1) is 6.61 Å². The third kappa shape index (κ3) is 39.3. The number of aliphatic hydroxyl groups excluding tert-OH is 1. The van der Waals surface area contributed by atoms with E-state index in [1.165, 1.54) is 38.5 Å². The van der Waals surface area contributed by atoms with Crippen LogP contribution in [0.15, 0.2) is 109 Å². The summed E-state index contributed by atoms with van der Waals surface area (Å²) in [5.74, 6) is -0.704. The van der Waals surface area contributed by atoms with Crippen molar-refractivity contribution in [3.63, 3.8) is 0 Å². The first-order valence-corrected chi connectivity index (χ1v) is 20.4. The van der Waals surface area contributed by atoms with E-state index in [0.717, 1.165) is 83.5 Å². The van der Waals surface area contributed by atoms with E-state index >= 15 is 0 Å². The lowest BCUT2D eigenvalue weighted by Crippen LogP contribution is -2.28. The Morgan fingerprint density at radius 1 is 0.442 bits per heavy atom. The van der Waals surface area contributed by atoms with Gasteiger partial charge in [0.15, 0.2) is 6.10 Å². The fourth-order valence-corrected chi connectivity index (χ4v) is 5.06. The summed E-state index contributed by atoms with van der Waals surface area (Å²) in [7, 11) is 0. The molecule has 1 N–H and O–H groups in total. The van der Waals surface area contributed by atoms with Gasteiger partial charge in [0.1, 0.15) is 6.61 Å². The molecular formula is C47H74O5. The van der Waals surface area contributed by atoms with E-state index in [1.54, 1.807) is 0 Å². The van der Waals surface area contributed by atoms with Crippen molar-refractivity contribution in [3.05, 3.63) is 109 Å². The zero-order valence-corrected chi connectivity index (χ0v) is 33.0. The highest BCUT2D eigenvalue weighted by atomic mass is 16.6. The molecule has 1 atom stereocenters. The van der Waals surface area contributed by atoms with Crippen molar-refractivity contribution in [1.29, 1.82) is 0 Å². The molecule has 0 saturated heterocycles. The van der Waals surface area contributed by atoms with Crippen LogP contribution in [0.2, 0.25) is 0 Å². The molecule has 0 aromatic rings. The lowest BCUT2D eigenvalue weighted by molar-refractivity contribution is -0.161. The summed E-state index contributed by atoms with van der Waals surface area (Å²) in [5, 5.41) is 9.55. The molecule has 292 valence electrons. The van der Waals surface area contributed by atoms with Crippen LogP contribution in [0, 0.1) is 0 Å². The maximum absolute atomic E-state index is 12.2.